The second-order valence-electron chi connectivity index (χ2n) is 14.9. The molecule has 1 atom stereocenters. The molecule has 1 unspecified atom stereocenters. The van der Waals surface area contributed by atoms with Gasteiger partial charge < -0.3 is 14.2 Å². The quantitative estimate of drug-likeness (QED) is 0.0265. The number of carbonyl (C=O) groups excluding carboxylic acids is 3. The minimum atomic E-state index is -0.819. The molecule has 0 aromatic heterocycles. The highest BCUT2D eigenvalue weighted by molar-refractivity contribution is 5.71. The van der Waals surface area contributed by atoms with Gasteiger partial charge in [0.2, 0.25) is 0 Å². The zero-order chi connectivity index (χ0) is 43.0. The van der Waals surface area contributed by atoms with Gasteiger partial charge in [0.1, 0.15) is 13.2 Å². The fourth-order valence-corrected chi connectivity index (χ4v) is 5.76. The monoisotopic (exact) mass is 817 g/mol. The van der Waals surface area contributed by atoms with Gasteiger partial charge in [-0.05, 0) is 109 Å². The average Bonchev–Trinajstić information content (AvgIpc) is 3.23. The number of hydrogen-bond acceptors (Lipinski definition) is 6. The van der Waals surface area contributed by atoms with Gasteiger partial charge in [0.15, 0.2) is 6.10 Å². The lowest BCUT2D eigenvalue weighted by molar-refractivity contribution is -0.167. The van der Waals surface area contributed by atoms with Crippen LogP contribution in [0.1, 0.15) is 188 Å². The van der Waals surface area contributed by atoms with Crippen LogP contribution in [-0.2, 0) is 28.6 Å². The lowest BCUT2D eigenvalue weighted by atomic mass is 10.1. The largest absolute Gasteiger partial charge is 0.462 e. The topological polar surface area (TPSA) is 78.9 Å². The van der Waals surface area contributed by atoms with Gasteiger partial charge in [0.25, 0.3) is 0 Å². The van der Waals surface area contributed by atoms with E-state index in [0.29, 0.717) is 19.3 Å². The van der Waals surface area contributed by atoms with Crippen molar-refractivity contribution in [3.63, 3.8) is 0 Å². The van der Waals surface area contributed by atoms with E-state index < -0.39 is 6.10 Å². The zero-order valence-corrected chi connectivity index (χ0v) is 37.7. The van der Waals surface area contributed by atoms with Crippen LogP contribution in [-0.4, -0.2) is 37.2 Å². The molecular weight excluding hydrogens is 733 g/mol. The molecule has 6 nitrogen and oxygen atoms in total. The van der Waals surface area contributed by atoms with Gasteiger partial charge in [0.05, 0.1) is 0 Å². The summed E-state index contributed by atoms with van der Waals surface area (Å²) in [6.45, 7) is 6.25. The molecule has 0 bridgehead atoms. The molecule has 0 amide bonds. The Morgan fingerprint density at radius 3 is 1.14 bits per heavy atom. The van der Waals surface area contributed by atoms with E-state index in [1.165, 1.54) is 25.7 Å². The van der Waals surface area contributed by atoms with Crippen LogP contribution in [0, 0.1) is 0 Å². The number of hydrogen-bond donors (Lipinski definition) is 0. The lowest BCUT2D eigenvalue weighted by Gasteiger charge is -2.18. The number of carbonyl (C=O) groups is 3. The van der Waals surface area contributed by atoms with Crippen LogP contribution < -0.4 is 0 Å². The van der Waals surface area contributed by atoms with Gasteiger partial charge in [-0.3, -0.25) is 14.4 Å². The number of ether oxygens (including phenoxy) is 3. The van der Waals surface area contributed by atoms with Crippen molar-refractivity contribution < 1.29 is 28.6 Å². The third-order valence-electron chi connectivity index (χ3n) is 9.24. The minimum absolute atomic E-state index is 0.115. The van der Waals surface area contributed by atoms with Gasteiger partial charge >= 0.3 is 17.9 Å². The van der Waals surface area contributed by atoms with Crippen molar-refractivity contribution in [3.05, 3.63) is 109 Å². The molecule has 0 N–H and O–H groups in total. The molecule has 0 aliphatic carbocycles. The van der Waals surface area contributed by atoms with E-state index >= 15 is 0 Å². The molecule has 0 aliphatic rings. The predicted octanol–water partition coefficient (Wildman–Crippen LogP) is 15.2. The van der Waals surface area contributed by atoms with Crippen molar-refractivity contribution in [2.75, 3.05) is 13.2 Å². The van der Waals surface area contributed by atoms with E-state index in [-0.39, 0.29) is 44.0 Å². The Bertz CT molecular complexity index is 1260. The molecule has 0 saturated carbocycles. The Morgan fingerprint density at radius 1 is 0.356 bits per heavy atom. The molecule has 0 aromatic rings. The third-order valence-corrected chi connectivity index (χ3v) is 9.24. The molecule has 0 aliphatic heterocycles. The van der Waals surface area contributed by atoms with E-state index in [9.17, 15) is 14.4 Å². The molecule has 6 heteroatoms. The highest BCUT2D eigenvalue weighted by atomic mass is 16.6. The van der Waals surface area contributed by atoms with Crippen LogP contribution in [0.15, 0.2) is 109 Å². The van der Waals surface area contributed by atoms with Gasteiger partial charge in [0, 0.05) is 19.3 Å². The number of esters is 3. The molecule has 0 saturated heterocycles. The number of allylic oxidation sites excluding steroid dienone is 18. The Kier molecular flexibility index (Phi) is 43.6. The molecular formula is C53H84O6. The first-order valence-corrected chi connectivity index (χ1v) is 23.4. The van der Waals surface area contributed by atoms with Crippen molar-refractivity contribution in [3.8, 4) is 0 Å². The lowest BCUT2D eigenvalue weighted by Crippen LogP contribution is -2.30. The first-order valence-electron chi connectivity index (χ1n) is 23.4. The van der Waals surface area contributed by atoms with E-state index in [1.807, 2.05) is 0 Å². The number of rotatable bonds is 40. The van der Waals surface area contributed by atoms with Gasteiger partial charge in [-0.1, -0.05) is 169 Å². The summed E-state index contributed by atoms with van der Waals surface area (Å²) in [4.78, 5) is 37.8. The third kappa shape index (κ3) is 45.0. The minimum Gasteiger partial charge on any atom is -0.462 e. The molecule has 0 aromatic carbocycles. The molecule has 0 rings (SSSR count). The van der Waals surface area contributed by atoms with Crippen molar-refractivity contribution >= 4 is 17.9 Å². The predicted molar refractivity (Wildman–Crippen MR) is 251 cm³/mol. The Hall–Kier alpha value is -3.93. The van der Waals surface area contributed by atoms with Crippen LogP contribution in [0.5, 0.6) is 0 Å². The molecule has 332 valence electrons. The molecule has 0 radical (unpaired) electrons. The Morgan fingerprint density at radius 2 is 0.678 bits per heavy atom. The summed E-state index contributed by atoms with van der Waals surface area (Å²) in [7, 11) is 0. The SMILES string of the molecule is CC/C=C\C/C=C\C/C=C\C/C=C\C/C=C\CCCC(=O)OCC(COC(=O)CCCCCCC/C=C\CCCC)OC(=O)CCCCC/C=C\C/C=C\C/C=C\CC. The second kappa shape index (κ2) is 46.8. The first-order chi connectivity index (χ1) is 29.0. The number of unbranched alkanes of at least 4 members (excludes halogenated alkanes) is 11. The first kappa shape index (κ1) is 55.1. The second-order valence-corrected chi connectivity index (χ2v) is 14.9. The summed E-state index contributed by atoms with van der Waals surface area (Å²) >= 11 is 0. The normalized spacial score (nSPS) is 13.1. The summed E-state index contributed by atoms with van der Waals surface area (Å²) in [6.07, 6.45) is 62.2. The maximum atomic E-state index is 12.7. The zero-order valence-electron chi connectivity index (χ0n) is 37.7. The summed E-state index contributed by atoms with van der Waals surface area (Å²) < 4.78 is 16.6. The van der Waals surface area contributed by atoms with Crippen molar-refractivity contribution in [2.24, 2.45) is 0 Å². The maximum Gasteiger partial charge on any atom is 0.306 e. The smallest absolute Gasteiger partial charge is 0.306 e. The molecule has 0 heterocycles. The van der Waals surface area contributed by atoms with E-state index in [1.54, 1.807) is 0 Å². The maximum absolute atomic E-state index is 12.7. The highest BCUT2D eigenvalue weighted by Gasteiger charge is 2.19. The van der Waals surface area contributed by atoms with E-state index in [0.717, 1.165) is 109 Å². The van der Waals surface area contributed by atoms with Gasteiger partial charge in [-0.2, -0.15) is 0 Å². The standard InChI is InChI=1S/C53H84O6/c1-4-7-10-13-16-19-22-24-25-26-27-29-31-34-37-40-43-46-52(55)58-49-50(48-57-51(54)45-42-39-36-33-30-21-18-15-12-9-6-3)59-53(56)47-44-41-38-35-32-28-23-20-17-14-11-8-5-2/h7-8,10-11,15-20,24-25,27-29,32,34,37,50H,4-6,9,12-14,21-23,26,30-31,33,35-36,38-49H2,1-3H3/b10-7-,11-8-,18-15-,19-16-,20-17-,25-24-,29-27-,32-28-,37-34-. The van der Waals surface area contributed by atoms with E-state index in [4.69, 9.17) is 14.2 Å². The molecule has 0 spiro atoms. The van der Waals surface area contributed by atoms with Crippen molar-refractivity contribution in [1.82, 2.24) is 0 Å². The Labute approximate surface area is 361 Å². The van der Waals surface area contributed by atoms with Crippen molar-refractivity contribution in [1.29, 1.82) is 0 Å². The fourth-order valence-electron chi connectivity index (χ4n) is 5.76. The molecule has 0 fully saturated rings. The van der Waals surface area contributed by atoms with Crippen LogP contribution in [0.3, 0.4) is 0 Å². The average molecular weight is 817 g/mol. The summed E-state index contributed by atoms with van der Waals surface area (Å²) in [5, 5.41) is 0. The van der Waals surface area contributed by atoms with Crippen LogP contribution in [0.25, 0.3) is 0 Å². The van der Waals surface area contributed by atoms with Crippen molar-refractivity contribution in [2.45, 2.75) is 194 Å². The van der Waals surface area contributed by atoms with Crippen LogP contribution in [0.4, 0.5) is 0 Å². The van der Waals surface area contributed by atoms with Crippen LogP contribution >= 0.6 is 0 Å². The molecule has 59 heavy (non-hydrogen) atoms. The Balaban J connectivity index is 4.54. The summed E-state index contributed by atoms with van der Waals surface area (Å²) in [6, 6.07) is 0. The van der Waals surface area contributed by atoms with Gasteiger partial charge in [-0.15, -0.1) is 0 Å². The highest BCUT2D eigenvalue weighted by Crippen LogP contribution is 2.11. The summed E-state index contributed by atoms with van der Waals surface area (Å²) in [5.41, 5.74) is 0. The fraction of sp³-hybridized carbons (Fsp3) is 0.604. The van der Waals surface area contributed by atoms with E-state index in [2.05, 4.69) is 130 Å². The summed E-state index contributed by atoms with van der Waals surface area (Å²) in [5.74, 6) is -1.03. The van der Waals surface area contributed by atoms with Gasteiger partial charge in [-0.25, -0.2) is 0 Å². The van der Waals surface area contributed by atoms with Crippen LogP contribution in [0.2, 0.25) is 0 Å².